The Labute approximate surface area is 127 Å². The molecule has 110 valence electrons. The van der Waals surface area contributed by atoms with E-state index in [1.54, 1.807) is 19.1 Å². The lowest BCUT2D eigenvalue weighted by atomic mass is 10.2. The quantitative estimate of drug-likeness (QED) is 0.843. The second kappa shape index (κ2) is 6.54. The van der Waals surface area contributed by atoms with Crippen molar-refractivity contribution in [3.63, 3.8) is 0 Å². The number of carbonyl (C=O) groups excluding carboxylic acids is 1. The third-order valence-electron chi connectivity index (χ3n) is 2.83. The van der Waals surface area contributed by atoms with Crippen LogP contribution in [0.5, 0.6) is 0 Å². The maximum Gasteiger partial charge on any atom is 0.255 e. The summed E-state index contributed by atoms with van der Waals surface area (Å²) >= 11 is 5.90. The Balaban J connectivity index is 2.21. The van der Waals surface area contributed by atoms with Crippen molar-refractivity contribution in [3.8, 4) is 0 Å². The summed E-state index contributed by atoms with van der Waals surface area (Å²) in [5, 5.41) is 5.93. The molecule has 0 saturated heterocycles. The molecule has 0 radical (unpaired) electrons. The smallest absolute Gasteiger partial charge is 0.255 e. The fraction of sp³-hybridized carbons (Fsp3) is 0.200. The molecular formula is C15H15ClFN3O. The Morgan fingerprint density at radius 1 is 1.33 bits per heavy atom. The molecule has 1 aromatic heterocycles. The van der Waals surface area contributed by atoms with Gasteiger partial charge in [-0.3, -0.25) is 4.79 Å². The average molecular weight is 308 g/mol. The van der Waals surface area contributed by atoms with Crippen molar-refractivity contribution in [2.75, 3.05) is 17.2 Å². The number of carbonyl (C=O) groups is 1. The molecule has 0 aliphatic heterocycles. The molecule has 1 amide bonds. The zero-order valence-electron chi connectivity index (χ0n) is 11.7. The zero-order valence-corrected chi connectivity index (χ0v) is 12.5. The fourth-order valence-corrected chi connectivity index (χ4v) is 2.03. The molecular weight excluding hydrogens is 293 g/mol. The molecule has 2 rings (SSSR count). The molecule has 2 N–H and O–H groups in total. The molecule has 6 heteroatoms. The van der Waals surface area contributed by atoms with Gasteiger partial charge in [0.2, 0.25) is 0 Å². The van der Waals surface area contributed by atoms with Crippen molar-refractivity contribution in [1.82, 2.24) is 4.98 Å². The van der Waals surface area contributed by atoms with Gasteiger partial charge in [-0.05, 0) is 49.7 Å². The fourth-order valence-electron chi connectivity index (χ4n) is 1.83. The van der Waals surface area contributed by atoms with Gasteiger partial charge in [-0.1, -0.05) is 11.6 Å². The minimum absolute atomic E-state index is 0.230. The summed E-state index contributed by atoms with van der Waals surface area (Å²) in [6, 6.07) is 7.49. The van der Waals surface area contributed by atoms with Crippen LogP contribution < -0.4 is 10.6 Å². The first-order chi connectivity index (χ1) is 9.99. The van der Waals surface area contributed by atoms with Crippen LogP contribution in [-0.2, 0) is 0 Å². The van der Waals surface area contributed by atoms with Crippen molar-refractivity contribution in [3.05, 3.63) is 52.4 Å². The molecule has 0 aliphatic rings. The van der Waals surface area contributed by atoms with Crippen LogP contribution in [0.2, 0.25) is 5.15 Å². The minimum Gasteiger partial charge on any atom is -0.370 e. The molecule has 4 nitrogen and oxygen atoms in total. The molecule has 1 heterocycles. The van der Waals surface area contributed by atoms with Gasteiger partial charge in [0.15, 0.2) is 0 Å². The summed E-state index contributed by atoms with van der Waals surface area (Å²) in [6.45, 7) is 4.23. The van der Waals surface area contributed by atoms with Gasteiger partial charge in [-0.15, -0.1) is 0 Å². The van der Waals surface area contributed by atoms with Crippen molar-refractivity contribution >= 4 is 29.0 Å². The first kappa shape index (κ1) is 15.3. The number of aryl methyl sites for hydroxylation is 1. The largest absolute Gasteiger partial charge is 0.370 e. The number of rotatable bonds is 4. The highest BCUT2D eigenvalue weighted by Gasteiger charge is 2.10. The number of nitrogens with zero attached hydrogens (tertiary/aromatic N) is 1. The number of hydrogen-bond donors (Lipinski definition) is 2. The van der Waals surface area contributed by atoms with E-state index >= 15 is 0 Å². The van der Waals surface area contributed by atoms with Gasteiger partial charge in [-0.2, -0.15) is 0 Å². The van der Waals surface area contributed by atoms with E-state index in [0.29, 0.717) is 29.2 Å². The normalized spacial score (nSPS) is 10.3. The van der Waals surface area contributed by atoms with Gasteiger partial charge in [-0.25, -0.2) is 9.37 Å². The minimum atomic E-state index is -0.329. The summed E-state index contributed by atoms with van der Waals surface area (Å²) in [5.41, 5.74) is 1.37. The first-order valence-electron chi connectivity index (χ1n) is 6.48. The van der Waals surface area contributed by atoms with Crippen LogP contribution in [0.25, 0.3) is 0 Å². The summed E-state index contributed by atoms with van der Waals surface area (Å²) in [7, 11) is 0. The van der Waals surface area contributed by atoms with E-state index in [0.717, 1.165) is 0 Å². The van der Waals surface area contributed by atoms with Crippen LogP contribution in [0.15, 0.2) is 30.3 Å². The average Bonchev–Trinajstić information content (AvgIpc) is 2.42. The van der Waals surface area contributed by atoms with Crippen LogP contribution in [0.1, 0.15) is 22.8 Å². The number of nitrogens with one attached hydrogen (secondary N) is 2. The topological polar surface area (TPSA) is 54.0 Å². The van der Waals surface area contributed by atoms with Gasteiger partial charge in [0.1, 0.15) is 16.8 Å². The molecule has 2 aromatic rings. The van der Waals surface area contributed by atoms with E-state index in [2.05, 4.69) is 15.6 Å². The van der Waals surface area contributed by atoms with Gasteiger partial charge in [0.25, 0.3) is 5.91 Å². The van der Waals surface area contributed by atoms with E-state index in [-0.39, 0.29) is 16.9 Å². The third kappa shape index (κ3) is 3.92. The van der Waals surface area contributed by atoms with Crippen LogP contribution in [0, 0.1) is 12.7 Å². The monoisotopic (exact) mass is 307 g/mol. The van der Waals surface area contributed by atoms with Gasteiger partial charge >= 0.3 is 0 Å². The highest BCUT2D eigenvalue weighted by Crippen LogP contribution is 2.18. The standard InChI is InChI=1S/C15H15ClFN3O/c1-3-18-14-8-10(7-13(16)20-14)15(21)19-11-4-5-12(17)9(2)6-11/h4-8H,3H2,1-2H3,(H,18,20)(H,19,21). The van der Waals surface area contributed by atoms with Crippen LogP contribution >= 0.6 is 11.6 Å². The van der Waals surface area contributed by atoms with Crippen molar-refractivity contribution in [1.29, 1.82) is 0 Å². The number of hydrogen-bond acceptors (Lipinski definition) is 3. The summed E-state index contributed by atoms with van der Waals surface area (Å²) < 4.78 is 13.2. The SMILES string of the molecule is CCNc1cc(C(=O)Nc2ccc(F)c(C)c2)cc(Cl)n1. The second-order valence-electron chi connectivity index (χ2n) is 4.51. The predicted octanol–water partition coefficient (Wildman–Crippen LogP) is 3.87. The molecule has 0 bridgehead atoms. The number of anilines is 2. The Morgan fingerprint density at radius 3 is 2.76 bits per heavy atom. The Kier molecular flexibility index (Phi) is 4.75. The number of amides is 1. The molecule has 0 atom stereocenters. The zero-order chi connectivity index (χ0) is 15.4. The Morgan fingerprint density at radius 2 is 2.10 bits per heavy atom. The number of pyridine rings is 1. The van der Waals surface area contributed by atoms with Crippen LogP contribution in [-0.4, -0.2) is 17.4 Å². The van der Waals surface area contributed by atoms with Crippen molar-refractivity contribution in [2.45, 2.75) is 13.8 Å². The Hall–Kier alpha value is -2.14. The molecule has 0 aliphatic carbocycles. The Bertz CT molecular complexity index is 676. The maximum absolute atomic E-state index is 13.2. The maximum atomic E-state index is 13.2. The molecule has 0 spiro atoms. The highest BCUT2D eigenvalue weighted by atomic mass is 35.5. The molecule has 0 fully saturated rings. The van der Waals surface area contributed by atoms with Crippen molar-refractivity contribution in [2.24, 2.45) is 0 Å². The van der Waals surface area contributed by atoms with Crippen LogP contribution in [0.4, 0.5) is 15.9 Å². The molecule has 21 heavy (non-hydrogen) atoms. The first-order valence-corrected chi connectivity index (χ1v) is 6.86. The van der Waals surface area contributed by atoms with E-state index in [1.807, 2.05) is 6.92 Å². The highest BCUT2D eigenvalue weighted by molar-refractivity contribution is 6.30. The van der Waals surface area contributed by atoms with Crippen LogP contribution in [0.3, 0.4) is 0 Å². The lowest BCUT2D eigenvalue weighted by molar-refractivity contribution is 0.102. The molecule has 0 saturated carbocycles. The van der Waals surface area contributed by atoms with Gasteiger partial charge in [0.05, 0.1) is 0 Å². The summed E-state index contributed by atoms with van der Waals surface area (Å²) in [6.07, 6.45) is 0. The lowest BCUT2D eigenvalue weighted by Crippen LogP contribution is -2.13. The number of benzene rings is 1. The molecule has 1 aromatic carbocycles. The number of halogens is 2. The molecule has 0 unspecified atom stereocenters. The summed E-state index contributed by atoms with van der Waals surface area (Å²) in [4.78, 5) is 16.3. The van der Waals surface area contributed by atoms with Gasteiger partial charge < -0.3 is 10.6 Å². The predicted molar refractivity (Wildman–Crippen MR) is 82.5 cm³/mol. The van der Waals surface area contributed by atoms with E-state index < -0.39 is 0 Å². The van der Waals surface area contributed by atoms with Crippen molar-refractivity contribution < 1.29 is 9.18 Å². The lowest BCUT2D eigenvalue weighted by Gasteiger charge is -2.09. The van der Waals surface area contributed by atoms with E-state index in [4.69, 9.17) is 11.6 Å². The second-order valence-corrected chi connectivity index (χ2v) is 4.90. The van der Waals surface area contributed by atoms with Gasteiger partial charge in [0, 0.05) is 17.8 Å². The van der Waals surface area contributed by atoms with E-state index in [9.17, 15) is 9.18 Å². The number of aromatic nitrogens is 1. The third-order valence-corrected chi connectivity index (χ3v) is 3.02. The van der Waals surface area contributed by atoms with E-state index in [1.165, 1.54) is 18.2 Å². The summed E-state index contributed by atoms with van der Waals surface area (Å²) in [5.74, 6) is -0.107.